The van der Waals surface area contributed by atoms with E-state index in [9.17, 15) is 53.0 Å². The van der Waals surface area contributed by atoms with Gasteiger partial charge in [0.05, 0.1) is 12.2 Å². The number of halogens is 1. The maximum atomic E-state index is 15.1. The maximum absolute atomic E-state index is 15.1. The van der Waals surface area contributed by atoms with E-state index in [0.29, 0.717) is 48.1 Å². The lowest BCUT2D eigenvalue weighted by Crippen LogP contribution is -2.61. The predicted molar refractivity (Wildman–Crippen MR) is 335 cm³/mol. The fraction of sp³-hybridized carbons (Fsp3) is 0.453. The largest absolute Gasteiger partial charge is 0.508 e. The summed E-state index contributed by atoms with van der Waals surface area (Å²) >= 11 is 0. The average molecular weight is 1250 g/mol. The molecule has 3 aromatic carbocycles. The number of pyridine rings is 1. The number of H-pyrrole nitrogens is 1. The van der Waals surface area contributed by atoms with Gasteiger partial charge in [0.15, 0.2) is 5.96 Å². The van der Waals surface area contributed by atoms with Crippen molar-refractivity contribution in [3.8, 4) is 5.75 Å². The number of benzene rings is 3. The number of carbonyl (C=O) groups excluding carboxylic acids is 9. The van der Waals surface area contributed by atoms with Gasteiger partial charge in [-0.3, -0.25) is 53.1 Å². The molecule has 26 heteroatoms. The Morgan fingerprint density at radius 2 is 1.48 bits per heavy atom. The van der Waals surface area contributed by atoms with Gasteiger partial charge in [0.1, 0.15) is 53.9 Å². The highest BCUT2D eigenvalue weighted by Crippen LogP contribution is 2.23. The highest BCUT2D eigenvalue weighted by molar-refractivity contribution is 5.98. The molecule has 9 amide bonds. The molecule has 1 aliphatic rings. The zero-order valence-corrected chi connectivity index (χ0v) is 51.3. The molecular weight excluding hydrogens is 1160 g/mol. The van der Waals surface area contributed by atoms with Crippen LogP contribution in [-0.2, 0) is 57.6 Å². The Bertz CT molecular complexity index is 3270. The third-order valence-corrected chi connectivity index (χ3v) is 15.4. The third-order valence-electron chi connectivity index (χ3n) is 15.4. The second-order valence-electron chi connectivity index (χ2n) is 22.7. The number of likely N-dealkylation sites (N-methyl/N-ethyl adjacent to an activating group) is 2. The summed E-state index contributed by atoms with van der Waals surface area (Å²) in [6, 6.07) is 12.9. The van der Waals surface area contributed by atoms with Crippen molar-refractivity contribution < 1.29 is 57.8 Å². The number of carbonyl (C=O) groups is 9. The first-order valence-corrected chi connectivity index (χ1v) is 30.4. The van der Waals surface area contributed by atoms with Crippen LogP contribution in [0.3, 0.4) is 0 Å². The van der Waals surface area contributed by atoms with Crippen molar-refractivity contribution in [1.29, 1.82) is 0 Å². The van der Waals surface area contributed by atoms with Crippen LogP contribution in [0.5, 0.6) is 5.75 Å². The summed E-state index contributed by atoms with van der Waals surface area (Å²) in [4.78, 5) is 141. The van der Waals surface area contributed by atoms with Crippen molar-refractivity contribution in [2.24, 2.45) is 22.4 Å². The van der Waals surface area contributed by atoms with Crippen LogP contribution < -0.4 is 48.7 Å². The zero-order chi connectivity index (χ0) is 65.3. The van der Waals surface area contributed by atoms with E-state index in [1.165, 1.54) is 66.8 Å². The van der Waals surface area contributed by atoms with E-state index in [1.54, 1.807) is 31.3 Å². The Balaban J connectivity index is 1.26. The van der Waals surface area contributed by atoms with Crippen molar-refractivity contribution in [1.82, 2.24) is 57.0 Å². The smallest absolute Gasteiger partial charge is 0.252 e. The molecule has 0 unspecified atom stereocenters. The number of aromatic hydroxyl groups is 1. The first-order valence-electron chi connectivity index (χ1n) is 30.4. The number of likely N-dealkylation sites (tertiary alicyclic amines) is 1. The summed E-state index contributed by atoms with van der Waals surface area (Å²) in [5.74, 6) is -6.95. The molecule has 3 heterocycles. The second kappa shape index (κ2) is 34.9. The van der Waals surface area contributed by atoms with Crippen LogP contribution in [0.25, 0.3) is 10.9 Å². The molecule has 484 valence electrons. The molecule has 1 aliphatic heterocycles. The van der Waals surface area contributed by atoms with E-state index >= 15 is 4.79 Å². The lowest BCUT2D eigenvalue weighted by Gasteiger charge is -2.32. The van der Waals surface area contributed by atoms with E-state index in [4.69, 9.17) is 11.5 Å². The van der Waals surface area contributed by atoms with Gasteiger partial charge in [-0.25, -0.2) is 4.39 Å². The topological polar surface area (TPSA) is 378 Å². The molecule has 0 aliphatic carbocycles. The normalized spacial score (nSPS) is 14.8. The number of aliphatic hydroxyl groups excluding tert-OH is 1. The number of rotatable bonds is 34. The first-order chi connectivity index (χ1) is 43.1. The van der Waals surface area contributed by atoms with E-state index < -0.39 is 96.1 Å². The van der Waals surface area contributed by atoms with Gasteiger partial charge >= 0.3 is 0 Å². The molecule has 0 radical (unpaired) electrons. The number of aryl methyl sites for hydroxylation is 1. The van der Waals surface area contributed by atoms with Crippen molar-refractivity contribution in [3.63, 3.8) is 0 Å². The van der Waals surface area contributed by atoms with E-state index in [2.05, 4.69) is 52.2 Å². The number of hydrogen-bond donors (Lipinski definition) is 12. The molecule has 2 aromatic heterocycles. The molecule has 1 saturated heterocycles. The van der Waals surface area contributed by atoms with Crippen molar-refractivity contribution in [3.05, 3.63) is 132 Å². The number of aliphatic imine (C=N–C) groups is 1. The van der Waals surface area contributed by atoms with Gasteiger partial charge in [-0.15, -0.1) is 0 Å². The van der Waals surface area contributed by atoms with Crippen molar-refractivity contribution in [2.75, 3.05) is 39.8 Å². The number of nitrogens with one attached hydrogen (secondary N) is 8. The number of phenolic OH excluding ortho intramolecular Hbond substituents is 1. The van der Waals surface area contributed by atoms with Crippen LogP contribution in [0.15, 0.2) is 109 Å². The van der Waals surface area contributed by atoms with Crippen LogP contribution in [-0.4, -0.2) is 171 Å². The predicted octanol–water partition coefficient (Wildman–Crippen LogP) is 1.90. The number of fused-ring (bicyclic) bond motifs is 1. The molecule has 0 bridgehead atoms. The Kier molecular flexibility index (Phi) is 27.0. The van der Waals surface area contributed by atoms with Gasteiger partial charge in [0, 0.05) is 82.0 Å². The fourth-order valence-corrected chi connectivity index (χ4v) is 10.7. The Morgan fingerprint density at radius 3 is 2.18 bits per heavy atom. The standard InChI is InChI=1S/C64H85FN14O11/c1-5-69-60(87)53-21-13-31-79(53)63(90)49(20-12-30-71-64(66)67)75-58(85)50(32-39(2)3)76-57(84)48(19-8-9-29-70-56(83)42-15-11-28-68-36-42)74-61(88)54(34-41-22-25-45(81)26-23-41)78(4)62(89)52(38-80)77-59(86)51(35-43-37-72-47-18-7-6-17-46(43)47)73-55(82)27-24-40-14-10-16-44(65)33-40/h6-7,10-11,14-18,22-23,25-26,28,33,36-37,39,48-54,72,80-81H,5,8-9,12-13,19-21,24,27,29-32,34-35,38H2,1-4H3,(H,69,87)(H,70,83)(H,73,82)(H,74,88)(H,75,85)(H,76,84)(H,77,86)(H4,66,67,71)/t48-,49+,50+,51+,52+,53-,54+/m1/s1. The van der Waals surface area contributed by atoms with Crippen LogP contribution in [0.2, 0.25) is 0 Å². The number of guanidine groups is 1. The summed E-state index contributed by atoms with van der Waals surface area (Å²) < 4.78 is 14.0. The number of phenols is 1. The van der Waals surface area contributed by atoms with Gasteiger partial charge in [-0.2, -0.15) is 0 Å². The third kappa shape index (κ3) is 21.1. The molecule has 90 heavy (non-hydrogen) atoms. The van der Waals surface area contributed by atoms with Crippen LogP contribution in [0, 0.1) is 11.7 Å². The summed E-state index contributed by atoms with van der Waals surface area (Å²) in [6.07, 6.45) is 6.16. The zero-order valence-electron chi connectivity index (χ0n) is 51.3. The summed E-state index contributed by atoms with van der Waals surface area (Å²) in [5, 5.41) is 41.2. The first kappa shape index (κ1) is 69.6. The Labute approximate surface area is 522 Å². The van der Waals surface area contributed by atoms with Crippen LogP contribution in [0.4, 0.5) is 4.39 Å². The molecule has 14 N–H and O–H groups in total. The molecule has 0 saturated carbocycles. The van der Waals surface area contributed by atoms with Gasteiger partial charge in [-0.1, -0.05) is 56.3 Å². The minimum absolute atomic E-state index is 0.0622. The number of aromatic amines is 1. The highest BCUT2D eigenvalue weighted by Gasteiger charge is 2.40. The number of para-hydroxylation sites is 1. The lowest BCUT2D eigenvalue weighted by molar-refractivity contribution is -0.144. The monoisotopic (exact) mass is 1240 g/mol. The van der Waals surface area contributed by atoms with Gasteiger partial charge in [0.2, 0.25) is 47.3 Å². The minimum Gasteiger partial charge on any atom is -0.508 e. The van der Waals surface area contributed by atoms with Crippen molar-refractivity contribution in [2.45, 2.75) is 140 Å². The molecule has 0 spiro atoms. The quantitative estimate of drug-likeness (QED) is 0.0159. The van der Waals surface area contributed by atoms with Gasteiger partial charge < -0.3 is 73.7 Å². The number of amides is 9. The Morgan fingerprint density at radius 1 is 0.778 bits per heavy atom. The number of nitrogens with two attached hydrogens (primary N) is 2. The van der Waals surface area contributed by atoms with E-state index in [1.807, 2.05) is 38.1 Å². The fourth-order valence-electron chi connectivity index (χ4n) is 10.7. The number of hydrogen-bond acceptors (Lipinski definition) is 13. The molecular formula is C64H85FN14O11. The van der Waals surface area contributed by atoms with E-state index in [-0.39, 0.29) is 107 Å². The molecule has 1 fully saturated rings. The lowest BCUT2D eigenvalue weighted by atomic mass is 9.99. The van der Waals surface area contributed by atoms with Crippen LogP contribution in [0.1, 0.15) is 106 Å². The number of aliphatic hydroxyl groups is 1. The van der Waals surface area contributed by atoms with E-state index in [0.717, 1.165) is 15.8 Å². The number of unbranched alkanes of at least 4 members (excludes halogenated alkanes) is 1. The minimum atomic E-state index is -1.70. The average Bonchev–Trinajstić information content (AvgIpc) is 1.81. The summed E-state index contributed by atoms with van der Waals surface area (Å²) in [6.45, 7) is 5.33. The molecule has 6 rings (SSSR count). The van der Waals surface area contributed by atoms with Gasteiger partial charge in [0.25, 0.3) is 5.91 Å². The second-order valence-corrected chi connectivity index (χ2v) is 22.7. The van der Waals surface area contributed by atoms with Gasteiger partial charge in [-0.05, 0) is 130 Å². The number of nitrogens with zero attached hydrogens (tertiary/aromatic N) is 4. The molecule has 25 nitrogen and oxygen atoms in total. The Hall–Kier alpha value is -9.46. The number of aromatic nitrogens is 2. The molecule has 5 aromatic rings. The summed E-state index contributed by atoms with van der Waals surface area (Å²) in [7, 11) is 1.28. The molecule has 7 atom stereocenters. The highest BCUT2D eigenvalue weighted by atomic mass is 19.1. The summed E-state index contributed by atoms with van der Waals surface area (Å²) in [5.41, 5.74) is 13.9. The van der Waals surface area contributed by atoms with Crippen molar-refractivity contribution >= 4 is 70.0 Å². The van der Waals surface area contributed by atoms with Crippen LogP contribution >= 0.6 is 0 Å². The SMILES string of the molecule is CCNC(=O)[C@H]1CCCN1C(=O)[C@H](CCCN=C(N)N)NC(=O)[C@H](CC(C)C)NC(=O)[C@@H](CCCCNC(=O)c1cccnc1)NC(=O)[C@H](Cc1ccc(O)cc1)N(C)C(=O)[C@H](CO)NC(=O)[C@H](Cc1c[nH]c2ccccc12)NC(=O)CCc1cccc(F)c1. The maximum Gasteiger partial charge on any atom is 0.252 e.